The second kappa shape index (κ2) is 8.74. The third-order valence-electron chi connectivity index (χ3n) is 5.63. The number of fused-ring (bicyclic) bond motifs is 1. The molecule has 3 unspecified atom stereocenters. The molecule has 1 fully saturated rings. The number of nitrogens with zero attached hydrogens (tertiary/aromatic N) is 1. The summed E-state index contributed by atoms with van der Waals surface area (Å²) in [5.74, 6) is 1.17. The van der Waals surface area contributed by atoms with Gasteiger partial charge >= 0.3 is 0 Å². The van der Waals surface area contributed by atoms with Crippen LogP contribution in [-0.4, -0.2) is 37.2 Å². The number of ether oxygens (including phenoxy) is 2. The van der Waals surface area contributed by atoms with Crippen LogP contribution in [0.3, 0.4) is 0 Å². The van der Waals surface area contributed by atoms with Gasteiger partial charge in [0.15, 0.2) is 0 Å². The van der Waals surface area contributed by atoms with Crippen LogP contribution in [0.25, 0.3) is 0 Å². The van der Waals surface area contributed by atoms with Crippen LogP contribution >= 0.6 is 0 Å². The minimum absolute atomic E-state index is 0.0358. The van der Waals surface area contributed by atoms with Gasteiger partial charge in [-0.15, -0.1) is 0 Å². The topological polar surface area (TPSA) is 67.9 Å². The van der Waals surface area contributed by atoms with Crippen molar-refractivity contribution in [2.75, 3.05) is 23.4 Å². The predicted octanol–water partition coefficient (Wildman–Crippen LogP) is 4.38. The van der Waals surface area contributed by atoms with E-state index in [1.807, 2.05) is 26.8 Å². The summed E-state index contributed by atoms with van der Waals surface area (Å²) in [7, 11) is 0. The van der Waals surface area contributed by atoms with E-state index in [-0.39, 0.29) is 17.9 Å². The van der Waals surface area contributed by atoms with E-state index < -0.39 is 11.5 Å². The molecular weight excluding hydrogens is 368 g/mol. The molecule has 0 bridgehead atoms. The van der Waals surface area contributed by atoms with E-state index in [4.69, 9.17) is 9.47 Å². The highest BCUT2D eigenvalue weighted by molar-refractivity contribution is 6.00. The highest BCUT2D eigenvalue weighted by atomic mass is 16.5. The molecule has 29 heavy (non-hydrogen) atoms. The molecule has 1 aliphatic carbocycles. The van der Waals surface area contributed by atoms with Gasteiger partial charge in [-0.25, -0.2) is 0 Å². The average molecular weight is 403 g/mol. The fraction of sp³-hybridized carbons (Fsp3) is 0.652. The first-order chi connectivity index (χ1) is 13.6. The number of carbonyl (C=O) groups excluding carboxylic acids is 2. The molecular formula is C23H34N2O4. The van der Waals surface area contributed by atoms with Gasteiger partial charge in [0.2, 0.25) is 5.91 Å². The maximum atomic E-state index is 12.8. The molecule has 1 aromatic carbocycles. The third kappa shape index (κ3) is 5.30. The van der Waals surface area contributed by atoms with Crippen LogP contribution in [0.4, 0.5) is 11.4 Å². The van der Waals surface area contributed by atoms with Gasteiger partial charge in [0.05, 0.1) is 18.3 Å². The molecule has 160 valence electrons. The second-order valence-electron chi connectivity index (χ2n) is 9.40. The maximum absolute atomic E-state index is 12.8. The Morgan fingerprint density at radius 2 is 2.03 bits per heavy atom. The van der Waals surface area contributed by atoms with E-state index in [1.54, 1.807) is 24.0 Å². The normalized spacial score (nSPS) is 23.0. The van der Waals surface area contributed by atoms with E-state index in [0.29, 0.717) is 36.2 Å². The fourth-order valence-electron chi connectivity index (χ4n) is 4.01. The molecule has 6 nitrogen and oxygen atoms in total. The number of hydrogen-bond acceptors (Lipinski definition) is 4. The molecule has 2 amide bonds. The molecule has 0 spiro atoms. The second-order valence-corrected chi connectivity index (χ2v) is 9.40. The molecule has 1 saturated carbocycles. The highest BCUT2D eigenvalue weighted by Crippen LogP contribution is 2.36. The summed E-state index contributed by atoms with van der Waals surface area (Å²) in [6.07, 6.45) is 4.05. The standard InChI is InChI=1S/C23H34N2O4/c1-15-7-6-8-18(13-15)29-16(2)21(26)24-17-9-10-20-19(14-17)25(11-12-28-20)22(27)23(3,4)5/h9-10,14-16,18H,6-8,11-13H2,1-5H3,(H,24,26). The fourth-order valence-corrected chi connectivity index (χ4v) is 4.01. The van der Waals surface area contributed by atoms with Crippen molar-refractivity contribution in [3.8, 4) is 5.75 Å². The van der Waals surface area contributed by atoms with Crippen LogP contribution in [0.15, 0.2) is 18.2 Å². The Bertz CT molecular complexity index is 756. The van der Waals surface area contributed by atoms with Crippen molar-refractivity contribution in [2.45, 2.75) is 72.5 Å². The first-order valence-corrected chi connectivity index (χ1v) is 10.7. The number of carbonyl (C=O) groups is 2. The van der Waals surface area contributed by atoms with E-state index in [2.05, 4.69) is 12.2 Å². The molecule has 0 radical (unpaired) electrons. The quantitative estimate of drug-likeness (QED) is 0.811. The third-order valence-corrected chi connectivity index (χ3v) is 5.63. The first kappa shape index (κ1) is 21.6. The number of benzene rings is 1. The summed E-state index contributed by atoms with van der Waals surface area (Å²) in [6, 6.07) is 5.42. The van der Waals surface area contributed by atoms with Crippen molar-refractivity contribution in [1.29, 1.82) is 0 Å². The molecule has 1 heterocycles. The lowest BCUT2D eigenvalue weighted by molar-refractivity contribution is -0.131. The summed E-state index contributed by atoms with van der Waals surface area (Å²) >= 11 is 0. The minimum atomic E-state index is -0.523. The van der Waals surface area contributed by atoms with Crippen LogP contribution in [0.1, 0.15) is 60.3 Å². The van der Waals surface area contributed by atoms with Crippen LogP contribution < -0.4 is 15.0 Å². The van der Waals surface area contributed by atoms with Crippen molar-refractivity contribution >= 4 is 23.2 Å². The zero-order chi connectivity index (χ0) is 21.2. The van der Waals surface area contributed by atoms with Crippen LogP contribution in [0.5, 0.6) is 5.75 Å². The van der Waals surface area contributed by atoms with E-state index >= 15 is 0 Å². The smallest absolute Gasteiger partial charge is 0.253 e. The summed E-state index contributed by atoms with van der Waals surface area (Å²) in [6.45, 7) is 10.7. The number of nitrogens with one attached hydrogen (secondary N) is 1. The lowest BCUT2D eigenvalue weighted by atomic mass is 9.88. The van der Waals surface area contributed by atoms with Crippen molar-refractivity contribution in [3.63, 3.8) is 0 Å². The van der Waals surface area contributed by atoms with Gasteiger partial charge in [-0.2, -0.15) is 0 Å². The van der Waals surface area contributed by atoms with Crippen molar-refractivity contribution in [3.05, 3.63) is 18.2 Å². The Balaban J connectivity index is 1.68. The van der Waals surface area contributed by atoms with Crippen LogP contribution in [-0.2, 0) is 14.3 Å². The Morgan fingerprint density at radius 3 is 2.72 bits per heavy atom. The monoisotopic (exact) mass is 402 g/mol. The summed E-state index contributed by atoms with van der Waals surface area (Å²) in [4.78, 5) is 27.2. The van der Waals surface area contributed by atoms with Gasteiger partial charge in [-0.05, 0) is 43.9 Å². The molecule has 0 saturated heterocycles. The van der Waals surface area contributed by atoms with Gasteiger partial charge in [0.25, 0.3) is 5.91 Å². The van der Waals surface area contributed by atoms with E-state index in [1.165, 1.54) is 6.42 Å². The van der Waals surface area contributed by atoms with Crippen molar-refractivity contribution in [1.82, 2.24) is 0 Å². The summed E-state index contributed by atoms with van der Waals surface area (Å²) in [5.41, 5.74) is 0.843. The van der Waals surface area contributed by atoms with Gasteiger partial charge in [-0.3, -0.25) is 9.59 Å². The van der Waals surface area contributed by atoms with Gasteiger partial charge in [0.1, 0.15) is 18.5 Å². The zero-order valence-corrected chi connectivity index (χ0v) is 18.3. The minimum Gasteiger partial charge on any atom is -0.490 e. The zero-order valence-electron chi connectivity index (χ0n) is 18.3. The molecule has 3 rings (SSSR count). The Morgan fingerprint density at radius 1 is 1.28 bits per heavy atom. The predicted molar refractivity (Wildman–Crippen MR) is 114 cm³/mol. The average Bonchev–Trinajstić information content (AvgIpc) is 2.66. The van der Waals surface area contributed by atoms with Crippen molar-refractivity contribution in [2.24, 2.45) is 11.3 Å². The molecule has 3 atom stereocenters. The van der Waals surface area contributed by atoms with Gasteiger partial charge in [0, 0.05) is 11.1 Å². The molecule has 6 heteroatoms. The lowest BCUT2D eigenvalue weighted by Crippen LogP contribution is -2.44. The summed E-state index contributed by atoms with van der Waals surface area (Å²) < 4.78 is 11.7. The van der Waals surface area contributed by atoms with Gasteiger partial charge < -0.3 is 19.7 Å². The Labute approximate surface area is 173 Å². The SMILES string of the molecule is CC1CCCC(OC(C)C(=O)Nc2ccc3c(c2)N(C(=O)C(C)(C)C)CCO3)C1. The number of hydrogen-bond donors (Lipinski definition) is 1. The first-order valence-electron chi connectivity index (χ1n) is 10.7. The van der Waals surface area contributed by atoms with Crippen LogP contribution in [0, 0.1) is 11.3 Å². The molecule has 1 aromatic rings. The number of rotatable bonds is 4. The van der Waals surface area contributed by atoms with E-state index in [9.17, 15) is 9.59 Å². The highest BCUT2D eigenvalue weighted by Gasteiger charge is 2.32. The van der Waals surface area contributed by atoms with Crippen LogP contribution in [0.2, 0.25) is 0 Å². The maximum Gasteiger partial charge on any atom is 0.253 e. The Hall–Kier alpha value is -2.08. The largest absolute Gasteiger partial charge is 0.490 e. The molecule has 1 N–H and O–H groups in total. The molecule has 1 aliphatic heterocycles. The van der Waals surface area contributed by atoms with E-state index in [0.717, 1.165) is 19.3 Å². The number of amides is 2. The van der Waals surface area contributed by atoms with Gasteiger partial charge in [-0.1, -0.05) is 40.5 Å². The summed E-state index contributed by atoms with van der Waals surface area (Å²) in [5, 5.41) is 2.93. The number of anilines is 2. The van der Waals surface area contributed by atoms with Crippen molar-refractivity contribution < 1.29 is 19.1 Å². The molecule has 0 aromatic heterocycles. The molecule has 2 aliphatic rings. The lowest BCUT2D eigenvalue weighted by Gasteiger charge is -2.34. The Kier molecular flexibility index (Phi) is 6.52.